The van der Waals surface area contributed by atoms with Crippen LogP contribution >= 0.6 is 0 Å². The van der Waals surface area contributed by atoms with Crippen LogP contribution < -0.4 is 10.2 Å². The van der Waals surface area contributed by atoms with Crippen molar-refractivity contribution in [2.24, 2.45) is 5.10 Å². The molecule has 0 aliphatic carbocycles. The number of carbonyl (C=O) groups is 1. The maximum atomic E-state index is 12.8. The first kappa shape index (κ1) is 18.5. The standard InChI is InChI=1S/C18H17F3N2O2/c1-2-13-7-9-15(10-8-13)25-12-17(24)23-22-11-14-5-3-4-6-16(14)18(19,20)21/h3-11H,2,12H2,1H3,(H,23,24)/b22-11+. The molecule has 0 bridgehead atoms. The molecule has 0 spiro atoms. The van der Waals surface area contributed by atoms with Gasteiger partial charge < -0.3 is 4.74 Å². The zero-order valence-corrected chi connectivity index (χ0v) is 13.5. The Hall–Kier alpha value is -2.83. The number of aryl methyl sites for hydroxylation is 1. The van der Waals surface area contributed by atoms with E-state index in [4.69, 9.17) is 4.74 Å². The summed E-state index contributed by atoms with van der Waals surface area (Å²) in [4.78, 5) is 11.6. The van der Waals surface area contributed by atoms with Crippen LogP contribution in [0.5, 0.6) is 5.75 Å². The van der Waals surface area contributed by atoms with Gasteiger partial charge in [0, 0.05) is 5.56 Å². The van der Waals surface area contributed by atoms with Crippen LogP contribution in [0.15, 0.2) is 53.6 Å². The number of rotatable bonds is 6. The molecule has 132 valence electrons. The Balaban J connectivity index is 1.88. The minimum absolute atomic E-state index is 0.133. The van der Waals surface area contributed by atoms with Gasteiger partial charge in [-0.3, -0.25) is 4.79 Å². The lowest BCUT2D eigenvalue weighted by atomic mass is 10.1. The van der Waals surface area contributed by atoms with Gasteiger partial charge in [-0.2, -0.15) is 18.3 Å². The third-order valence-electron chi connectivity index (χ3n) is 3.36. The van der Waals surface area contributed by atoms with Gasteiger partial charge in [0.05, 0.1) is 11.8 Å². The highest BCUT2D eigenvalue weighted by Gasteiger charge is 2.32. The molecule has 4 nitrogen and oxygen atoms in total. The van der Waals surface area contributed by atoms with Crippen molar-refractivity contribution in [1.82, 2.24) is 5.43 Å². The van der Waals surface area contributed by atoms with E-state index in [0.29, 0.717) is 5.75 Å². The molecule has 2 aromatic carbocycles. The van der Waals surface area contributed by atoms with Crippen LogP contribution in [0.4, 0.5) is 13.2 Å². The van der Waals surface area contributed by atoms with E-state index in [1.807, 2.05) is 19.1 Å². The second-order valence-corrected chi connectivity index (χ2v) is 5.16. The maximum absolute atomic E-state index is 12.8. The SMILES string of the molecule is CCc1ccc(OCC(=O)N/N=C/c2ccccc2C(F)(F)F)cc1. The Bertz CT molecular complexity index is 741. The number of hydrogen-bond acceptors (Lipinski definition) is 3. The zero-order chi connectivity index (χ0) is 18.3. The van der Waals surface area contributed by atoms with Crippen molar-refractivity contribution in [3.63, 3.8) is 0 Å². The fraction of sp³-hybridized carbons (Fsp3) is 0.222. The van der Waals surface area contributed by atoms with E-state index in [0.717, 1.165) is 24.3 Å². The van der Waals surface area contributed by atoms with Gasteiger partial charge >= 0.3 is 6.18 Å². The summed E-state index contributed by atoms with van der Waals surface area (Å²) >= 11 is 0. The highest BCUT2D eigenvalue weighted by Crippen LogP contribution is 2.30. The number of ether oxygens (including phenoxy) is 1. The number of hydrogen-bond donors (Lipinski definition) is 1. The third kappa shape index (κ3) is 5.63. The molecule has 0 aliphatic rings. The van der Waals surface area contributed by atoms with Crippen LogP contribution in [0.1, 0.15) is 23.6 Å². The molecule has 0 saturated heterocycles. The topological polar surface area (TPSA) is 50.7 Å². The average Bonchev–Trinajstić information content (AvgIpc) is 2.60. The van der Waals surface area contributed by atoms with Crippen LogP contribution in [0, 0.1) is 0 Å². The van der Waals surface area contributed by atoms with Gasteiger partial charge in [0.1, 0.15) is 5.75 Å². The maximum Gasteiger partial charge on any atom is 0.417 e. The normalized spacial score (nSPS) is 11.5. The molecule has 1 N–H and O–H groups in total. The molecule has 25 heavy (non-hydrogen) atoms. The molecule has 0 aliphatic heterocycles. The van der Waals surface area contributed by atoms with Crippen LogP contribution in [0.3, 0.4) is 0 Å². The summed E-state index contributed by atoms with van der Waals surface area (Å²) < 4.78 is 43.8. The lowest BCUT2D eigenvalue weighted by Gasteiger charge is -2.09. The Morgan fingerprint density at radius 2 is 1.84 bits per heavy atom. The largest absolute Gasteiger partial charge is 0.484 e. The number of hydrazone groups is 1. The van der Waals surface area contributed by atoms with E-state index in [2.05, 4.69) is 10.5 Å². The van der Waals surface area contributed by atoms with E-state index >= 15 is 0 Å². The van der Waals surface area contributed by atoms with Crippen LogP contribution in [-0.4, -0.2) is 18.7 Å². The zero-order valence-electron chi connectivity index (χ0n) is 13.5. The number of halogens is 3. The second kappa shape index (κ2) is 8.32. The van der Waals surface area contributed by atoms with Crippen LogP contribution in [0.2, 0.25) is 0 Å². The van der Waals surface area contributed by atoms with E-state index < -0.39 is 17.6 Å². The summed E-state index contributed by atoms with van der Waals surface area (Å²) in [5, 5.41) is 3.55. The van der Waals surface area contributed by atoms with Gasteiger partial charge in [0.25, 0.3) is 5.91 Å². The van der Waals surface area contributed by atoms with Crippen molar-refractivity contribution in [3.05, 3.63) is 65.2 Å². The first-order valence-electron chi connectivity index (χ1n) is 7.60. The number of nitrogens with one attached hydrogen (secondary N) is 1. The van der Waals surface area contributed by atoms with Gasteiger partial charge in [0.15, 0.2) is 6.61 Å². The number of benzene rings is 2. The summed E-state index contributed by atoms with van der Waals surface area (Å²) in [5.41, 5.74) is 2.33. The highest BCUT2D eigenvalue weighted by molar-refractivity contribution is 5.84. The predicted octanol–water partition coefficient (Wildman–Crippen LogP) is 3.80. The molecule has 7 heteroatoms. The molecule has 0 atom stereocenters. The van der Waals surface area contributed by atoms with Crippen molar-refractivity contribution in [2.45, 2.75) is 19.5 Å². The van der Waals surface area contributed by atoms with E-state index in [-0.39, 0.29) is 12.2 Å². The number of nitrogens with zero attached hydrogens (tertiary/aromatic N) is 1. The fourth-order valence-corrected chi connectivity index (χ4v) is 2.04. The van der Waals surface area contributed by atoms with Crippen molar-refractivity contribution >= 4 is 12.1 Å². The minimum atomic E-state index is -4.49. The molecule has 2 rings (SSSR count). The van der Waals surface area contributed by atoms with Gasteiger partial charge in [-0.25, -0.2) is 5.43 Å². The van der Waals surface area contributed by atoms with Crippen LogP contribution in [0.25, 0.3) is 0 Å². The minimum Gasteiger partial charge on any atom is -0.484 e. The molecular formula is C18H17F3N2O2. The molecule has 2 aromatic rings. The van der Waals surface area contributed by atoms with Gasteiger partial charge in [-0.05, 0) is 30.2 Å². The number of carbonyl (C=O) groups excluding carboxylic acids is 1. The molecule has 0 unspecified atom stereocenters. The summed E-state index contributed by atoms with van der Waals surface area (Å²) in [6, 6.07) is 12.2. The Morgan fingerprint density at radius 3 is 2.48 bits per heavy atom. The number of alkyl halides is 3. The average molecular weight is 350 g/mol. The van der Waals surface area contributed by atoms with Gasteiger partial charge in [-0.15, -0.1) is 0 Å². The fourth-order valence-electron chi connectivity index (χ4n) is 2.04. The van der Waals surface area contributed by atoms with E-state index in [9.17, 15) is 18.0 Å². The number of amides is 1. The summed E-state index contributed by atoms with van der Waals surface area (Å²) in [7, 11) is 0. The molecule has 0 fully saturated rings. The van der Waals surface area contributed by atoms with Crippen molar-refractivity contribution in [3.8, 4) is 5.75 Å². The molecule has 1 amide bonds. The lowest BCUT2D eigenvalue weighted by molar-refractivity contribution is -0.137. The Morgan fingerprint density at radius 1 is 1.16 bits per heavy atom. The summed E-state index contributed by atoms with van der Waals surface area (Å²) in [6.07, 6.45) is -2.63. The second-order valence-electron chi connectivity index (χ2n) is 5.16. The van der Waals surface area contributed by atoms with Gasteiger partial charge in [0.2, 0.25) is 0 Å². The molecule has 0 aromatic heterocycles. The predicted molar refractivity (Wildman–Crippen MR) is 88.5 cm³/mol. The van der Waals surface area contributed by atoms with Crippen molar-refractivity contribution in [1.29, 1.82) is 0 Å². The summed E-state index contributed by atoms with van der Waals surface area (Å²) in [5.74, 6) is -0.0425. The Kier molecular flexibility index (Phi) is 6.16. The highest BCUT2D eigenvalue weighted by atomic mass is 19.4. The quantitative estimate of drug-likeness (QED) is 0.636. The molecular weight excluding hydrogens is 333 g/mol. The van der Waals surface area contributed by atoms with Crippen molar-refractivity contribution in [2.75, 3.05) is 6.61 Å². The van der Waals surface area contributed by atoms with E-state index in [1.54, 1.807) is 12.1 Å². The third-order valence-corrected chi connectivity index (χ3v) is 3.36. The molecule has 0 radical (unpaired) electrons. The monoisotopic (exact) mass is 350 g/mol. The lowest BCUT2D eigenvalue weighted by Crippen LogP contribution is -2.24. The Labute approximate surface area is 143 Å². The first-order chi connectivity index (χ1) is 11.9. The van der Waals surface area contributed by atoms with E-state index in [1.165, 1.54) is 18.2 Å². The van der Waals surface area contributed by atoms with Gasteiger partial charge in [-0.1, -0.05) is 37.3 Å². The van der Waals surface area contributed by atoms with Crippen molar-refractivity contribution < 1.29 is 22.7 Å². The smallest absolute Gasteiger partial charge is 0.417 e. The molecule has 0 heterocycles. The van der Waals surface area contributed by atoms with Crippen LogP contribution in [-0.2, 0) is 17.4 Å². The first-order valence-corrected chi connectivity index (χ1v) is 7.60. The molecule has 0 saturated carbocycles. The summed E-state index contributed by atoms with van der Waals surface area (Å²) in [6.45, 7) is 1.74.